The molecule has 5 nitrogen and oxygen atoms in total. The molecule has 0 atom stereocenters. The van der Waals surface area contributed by atoms with Crippen molar-refractivity contribution in [1.82, 2.24) is 5.43 Å². The fourth-order valence-electron chi connectivity index (χ4n) is 2.60. The molecule has 3 aromatic rings. The third kappa shape index (κ3) is 5.09. The molecule has 0 aromatic heterocycles. The van der Waals surface area contributed by atoms with Crippen molar-refractivity contribution in [3.05, 3.63) is 76.3 Å². The third-order valence-corrected chi connectivity index (χ3v) is 4.54. The number of nitrogens with one attached hydrogen (secondary N) is 2. The van der Waals surface area contributed by atoms with Gasteiger partial charge in [0.2, 0.25) is 5.91 Å². The van der Waals surface area contributed by atoms with E-state index in [0.29, 0.717) is 27.0 Å². The van der Waals surface area contributed by atoms with E-state index in [1.54, 1.807) is 37.3 Å². The van der Waals surface area contributed by atoms with E-state index in [1.807, 2.05) is 30.3 Å². The molecule has 28 heavy (non-hydrogen) atoms. The number of carbonyl (C=O) groups excluding carboxylic acids is 2. The van der Waals surface area contributed by atoms with Crippen molar-refractivity contribution in [2.45, 2.75) is 13.3 Å². The Balaban J connectivity index is 1.60. The first-order valence-electron chi connectivity index (χ1n) is 8.49. The van der Waals surface area contributed by atoms with Gasteiger partial charge in [0, 0.05) is 16.3 Å². The van der Waals surface area contributed by atoms with Gasteiger partial charge in [-0.1, -0.05) is 53.5 Å². The van der Waals surface area contributed by atoms with Crippen molar-refractivity contribution < 1.29 is 9.59 Å². The molecule has 2 N–H and O–H groups in total. The number of carbonyl (C=O) groups is 2. The van der Waals surface area contributed by atoms with Crippen LogP contribution in [0.15, 0.2) is 65.8 Å². The number of amides is 2. The van der Waals surface area contributed by atoms with Crippen molar-refractivity contribution in [1.29, 1.82) is 0 Å². The summed E-state index contributed by atoms with van der Waals surface area (Å²) in [7, 11) is 0. The van der Waals surface area contributed by atoms with Crippen LogP contribution in [0.3, 0.4) is 0 Å². The summed E-state index contributed by atoms with van der Waals surface area (Å²) in [4.78, 5) is 24.4. The smallest absolute Gasteiger partial charge is 0.271 e. The molecule has 142 valence electrons. The second-order valence-corrected chi connectivity index (χ2v) is 7.04. The highest BCUT2D eigenvalue weighted by Gasteiger charge is 2.10. The van der Waals surface area contributed by atoms with Crippen molar-refractivity contribution >= 4 is 57.2 Å². The average Bonchev–Trinajstić information content (AvgIpc) is 2.68. The Morgan fingerprint density at radius 1 is 0.964 bits per heavy atom. The summed E-state index contributed by atoms with van der Waals surface area (Å²) < 4.78 is 0. The Morgan fingerprint density at radius 2 is 1.71 bits per heavy atom. The van der Waals surface area contributed by atoms with Crippen LogP contribution in [0.5, 0.6) is 0 Å². The molecular formula is C21H17Cl2N3O2. The standard InChI is InChI=1S/C21H17Cl2N3O2/c1-13(10-20(27)24-19-12-17(22)8-9-18(19)23)25-26-21(28)16-7-6-14-4-2-3-5-15(14)11-16/h2-9,11-12H,10H2,1H3,(H,24,27)(H,26,28)/b25-13+. The highest BCUT2D eigenvalue weighted by molar-refractivity contribution is 6.35. The van der Waals surface area contributed by atoms with Crippen LogP contribution in [0.4, 0.5) is 5.69 Å². The van der Waals surface area contributed by atoms with E-state index in [-0.39, 0.29) is 18.2 Å². The van der Waals surface area contributed by atoms with Gasteiger partial charge in [0.05, 0.1) is 17.1 Å². The van der Waals surface area contributed by atoms with Crippen molar-refractivity contribution in [2.24, 2.45) is 5.10 Å². The summed E-state index contributed by atoms with van der Waals surface area (Å²) in [6.45, 7) is 1.65. The van der Waals surface area contributed by atoms with Crippen LogP contribution in [0.1, 0.15) is 23.7 Å². The first-order chi connectivity index (χ1) is 13.4. The maximum absolute atomic E-state index is 12.3. The number of anilines is 1. The molecule has 2 amide bonds. The van der Waals surface area contributed by atoms with Crippen LogP contribution in [-0.4, -0.2) is 17.5 Å². The number of benzene rings is 3. The first-order valence-corrected chi connectivity index (χ1v) is 9.25. The molecule has 0 saturated carbocycles. The summed E-state index contributed by atoms with van der Waals surface area (Å²) in [6.07, 6.45) is 0.000836. The molecular weight excluding hydrogens is 397 g/mol. The molecule has 0 spiro atoms. The van der Waals surface area contributed by atoms with Crippen molar-refractivity contribution in [3.63, 3.8) is 0 Å². The number of rotatable bonds is 5. The molecule has 7 heteroatoms. The average molecular weight is 414 g/mol. The molecule has 0 saturated heterocycles. The summed E-state index contributed by atoms with van der Waals surface area (Å²) in [5, 5.41) is 9.54. The lowest BCUT2D eigenvalue weighted by Gasteiger charge is -2.08. The summed E-state index contributed by atoms with van der Waals surface area (Å²) in [5.74, 6) is -0.659. The van der Waals surface area contributed by atoms with E-state index >= 15 is 0 Å². The maximum Gasteiger partial charge on any atom is 0.271 e. The minimum absolute atomic E-state index is 0.000836. The Morgan fingerprint density at radius 3 is 2.50 bits per heavy atom. The minimum Gasteiger partial charge on any atom is -0.324 e. The van der Waals surface area contributed by atoms with Crippen LogP contribution in [-0.2, 0) is 4.79 Å². The van der Waals surface area contributed by atoms with Crippen LogP contribution in [0.2, 0.25) is 10.0 Å². The minimum atomic E-state index is -0.344. The Labute approximate surface area is 172 Å². The Bertz CT molecular complexity index is 1080. The van der Waals surface area contributed by atoms with E-state index in [9.17, 15) is 9.59 Å². The second kappa shape index (κ2) is 8.87. The largest absolute Gasteiger partial charge is 0.324 e. The van der Waals surface area contributed by atoms with E-state index in [1.165, 1.54) is 0 Å². The van der Waals surface area contributed by atoms with Gasteiger partial charge in [-0.15, -0.1) is 0 Å². The number of hydrogen-bond acceptors (Lipinski definition) is 3. The van der Waals surface area contributed by atoms with Crippen LogP contribution >= 0.6 is 23.2 Å². The highest BCUT2D eigenvalue weighted by Crippen LogP contribution is 2.25. The van der Waals surface area contributed by atoms with Crippen molar-refractivity contribution in [2.75, 3.05) is 5.32 Å². The molecule has 0 radical (unpaired) electrons. The lowest BCUT2D eigenvalue weighted by atomic mass is 10.1. The summed E-state index contributed by atoms with van der Waals surface area (Å²) >= 11 is 11.9. The van der Waals surface area contributed by atoms with Gasteiger partial charge < -0.3 is 5.32 Å². The van der Waals surface area contributed by atoms with Gasteiger partial charge in [-0.2, -0.15) is 5.10 Å². The van der Waals surface area contributed by atoms with E-state index in [2.05, 4.69) is 15.8 Å². The number of halogens is 2. The molecule has 0 unspecified atom stereocenters. The fourth-order valence-corrected chi connectivity index (χ4v) is 2.94. The predicted molar refractivity (Wildman–Crippen MR) is 114 cm³/mol. The zero-order valence-electron chi connectivity index (χ0n) is 15.0. The number of fused-ring (bicyclic) bond motifs is 1. The topological polar surface area (TPSA) is 70.6 Å². The third-order valence-electron chi connectivity index (χ3n) is 3.98. The van der Waals surface area contributed by atoms with E-state index in [4.69, 9.17) is 23.2 Å². The van der Waals surface area contributed by atoms with Gasteiger partial charge in [0.15, 0.2) is 0 Å². The van der Waals surface area contributed by atoms with Crippen LogP contribution < -0.4 is 10.7 Å². The summed E-state index contributed by atoms with van der Waals surface area (Å²) in [6, 6.07) is 18.0. The molecule has 0 fully saturated rings. The highest BCUT2D eigenvalue weighted by atomic mass is 35.5. The monoisotopic (exact) mass is 413 g/mol. The normalized spacial score (nSPS) is 11.3. The fraction of sp³-hybridized carbons (Fsp3) is 0.0952. The van der Waals surface area contributed by atoms with Crippen molar-refractivity contribution in [3.8, 4) is 0 Å². The van der Waals surface area contributed by atoms with Gasteiger partial charge >= 0.3 is 0 Å². The lowest BCUT2D eigenvalue weighted by molar-refractivity contribution is -0.115. The maximum atomic E-state index is 12.3. The summed E-state index contributed by atoms with van der Waals surface area (Å²) in [5.41, 5.74) is 3.84. The SMILES string of the molecule is C/C(CC(=O)Nc1cc(Cl)ccc1Cl)=N\NC(=O)c1ccc2ccccc2c1. The molecule has 3 rings (SSSR count). The quantitative estimate of drug-likeness (QED) is 0.441. The molecule has 0 heterocycles. The van der Waals surface area contributed by atoms with Gasteiger partial charge in [0.25, 0.3) is 5.91 Å². The number of nitrogens with zero attached hydrogens (tertiary/aromatic N) is 1. The number of hydrazone groups is 1. The molecule has 0 bridgehead atoms. The Hall–Kier alpha value is -2.89. The predicted octanol–water partition coefficient (Wildman–Crippen LogP) is 5.28. The zero-order chi connectivity index (χ0) is 20.1. The van der Waals surface area contributed by atoms with Crippen LogP contribution in [0, 0.1) is 0 Å². The van der Waals surface area contributed by atoms with Gasteiger partial charge in [-0.25, -0.2) is 5.43 Å². The molecule has 3 aromatic carbocycles. The molecule has 0 aliphatic carbocycles. The van der Waals surface area contributed by atoms with E-state index in [0.717, 1.165) is 10.8 Å². The lowest BCUT2D eigenvalue weighted by Crippen LogP contribution is -2.21. The Kier molecular flexibility index (Phi) is 6.29. The second-order valence-electron chi connectivity index (χ2n) is 6.20. The van der Waals surface area contributed by atoms with Gasteiger partial charge in [0.1, 0.15) is 0 Å². The molecule has 0 aliphatic rings. The van der Waals surface area contributed by atoms with Crippen LogP contribution in [0.25, 0.3) is 10.8 Å². The molecule has 0 aliphatic heterocycles. The zero-order valence-corrected chi connectivity index (χ0v) is 16.5. The van der Waals surface area contributed by atoms with Gasteiger partial charge in [-0.05, 0) is 48.0 Å². The van der Waals surface area contributed by atoms with Gasteiger partial charge in [-0.3, -0.25) is 9.59 Å². The first kappa shape index (κ1) is 19.9. The number of hydrogen-bond donors (Lipinski definition) is 2. The van der Waals surface area contributed by atoms with E-state index < -0.39 is 0 Å².